The first-order valence-corrected chi connectivity index (χ1v) is 11.0. The van der Waals surface area contributed by atoms with E-state index in [2.05, 4.69) is 16.1 Å². The van der Waals surface area contributed by atoms with Gasteiger partial charge in [0.05, 0.1) is 0 Å². The predicted molar refractivity (Wildman–Crippen MR) is 121 cm³/mol. The lowest BCUT2D eigenvalue weighted by atomic mass is 10.1. The van der Waals surface area contributed by atoms with Crippen molar-refractivity contribution in [2.24, 2.45) is 5.73 Å². The molecule has 2 atom stereocenters. The maximum Gasteiger partial charge on any atom is 0.408 e. The van der Waals surface area contributed by atoms with Crippen LogP contribution >= 0.6 is 0 Å². The molecule has 10 nitrogen and oxygen atoms in total. The third kappa shape index (κ3) is 10.4. The first-order chi connectivity index (χ1) is 15.7. The molecule has 10 heteroatoms. The van der Waals surface area contributed by atoms with Crippen LogP contribution in [0, 0.1) is 0 Å². The molecule has 33 heavy (non-hydrogen) atoms. The summed E-state index contributed by atoms with van der Waals surface area (Å²) in [6.45, 7) is 5.58. The Morgan fingerprint density at radius 1 is 1.21 bits per heavy atom. The first kappa shape index (κ1) is 26.1. The topological polar surface area (TPSA) is 141 Å². The Labute approximate surface area is 194 Å². The molecule has 0 saturated carbocycles. The summed E-state index contributed by atoms with van der Waals surface area (Å²) in [6.07, 6.45) is 2.19. The molecule has 0 unspecified atom stereocenters. The molecule has 0 saturated heterocycles. The largest absolute Gasteiger partial charge is 0.458 e. The van der Waals surface area contributed by atoms with Gasteiger partial charge in [-0.3, -0.25) is 15.1 Å². The van der Waals surface area contributed by atoms with Crippen molar-refractivity contribution in [1.29, 1.82) is 0 Å². The monoisotopic (exact) mass is 462 g/mol. The molecule has 1 aliphatic heterocycles. The number of esters is 1. The Hall–Kier alpha value is -3.11. The number of benzene rings is 1. The number of hydroxylamine groups is 1. The van der Waals surface area contributed by atoms with Crippen molar-refractivity contribution >= 4 is 18.0 Å². The van der Waals surface area contributed by atoms with Gasteiger partial charge in [0.25, 0.3) is 0 Å². The van der Waals surface area contributed by atoms with E-state index in [9.17, 15) is 14.4 Å². The molecule has 0 bridgehead atoms. The summed E-state index contributed by atoms with van der Waals surface area (Å²) in [4.78, 5) is 42.5. The van der Waals surface area contributed by atoms with Gasteiger partial charge in [-0.15, -0.1) is 0 Å². The van der Waals surface area contributed by atoms with Crippen LogP contribution in [0.5, 0.6) is 0 Å². The molecule has 0 radical (unpaired) electrons. The van der Waals surface area contributed by atoms with Crippen LogP contribution in [0.15, 0.2) is 42.1 Å². The summed E-state index contributed by atoms with van der Waals surface area (Å²) in [5.41, 5.74) is 9.25. The van der Waals surface area contributed by atoms with Crippen LogP contribution in [-0.4, -0.2) is 48.8 Å². The highest BCUT2D eigenvalue weighted by Gasteiger charge is 2.28. The number of carbonyl (C=O) groups excluding carboxylic acids is 3. The van der Waals surface area contributed by atoms with E-state index in [1.54, 1.807) is 20.8 Å². The third-order valence-corrected chi connectivity index (χ3v) is 4.50. The van der Waals surface area contributed by atoms with Crippen molar-refractivity contribution in [3.05, 3.63) is 47.7 Å². The lowest BCUT2D eigenvalue weighted by molar-refractivity contribution is -0.157. The van der Waals surface area contributed by atoms with Gasteiger partial charge in [-0.1, -0.05) is 30.3 Å². The number of ether oxygens (including phenoxy) is 2. The fourth-order valence-corrected chi connectivity index (χ4v) is 2.93. The quantitative estimate of drug-likeness (QED) is 0.364. The van der Waals surface area contributed by atoms with Gasteiger partial charge in [-0.05, 0) is 45.4 Å². The van der Waals surface area contributed by atoms with Gasteiger partial charge in [0.1, 0.15) is 24.4 Å². The minimum absolute atomic E-state index is 0.0508. The maximum atomic E-state index is 12.6. The minimum atomic E-state index is -1.10. The molecule has 0 aliphatic carbocycles. The molecule has 2 amide bonds. The Bertz CT molecular complexity index is 822. The van der Waals surface area contributed by atoms with E-state index in [0.717, 1.165) is 11.3 Å². The van der Waals surface area contributed by atoms with E-state index in [1.807, 2.05) is 36.4 Å². The van der Waals surface area contributed by atoms with Crippen molar-refractivity contribution in [3.8, 4) is 0 Å². The molecule has 1 aliphatic rings. The van der Waals surface area contributed by atoms with Gasteiger partial charge >= 0.3 is 12.1 Å². The van der Waals surface area contributed by atoms with Crippen molar-refractivity contribution in [2.45, 2.75) is 64.4 Å². The highest BCUT2D eigenvalue weighted by molar-refractivity contribution is 5.83. The number of nitrogens with one attached hydrogen (secondary N) is 3. The maximum absolute atomic E-state index is 12.6. The van der Waals surface area contributed by atoms with Crippen LogP contribution in [-0.2, 0) is 30.5 Å². The van der Waals surface area contributed by atoms with Gasteiger partial charge in [0, 0.05) is 25.1 Å². The molecule has 0 aromatic heterocycles. The zero-order valence-electron chi connectivity index (χ0n) is 19.4. The zero-order chi connectivity index (χ0) is 24.3. The van der Waals surface area contributed by atoms with E-state index < -0.39 is 23.7 Å². The number of hydrogen-bond acceptors (Lipinski definition) is 8. The van der Waals surface area contributed by atoms with Crippen LogP contribution in [0.2, 0.25) is 0 Å². The number of alkyl carbamates (subject to hydrolysis) is 1. The van der Waals surface area contributed by atoms with Gasteiger partial charge in [-0.2, -0.15) is 0 Å². The minimum Gasteiger partial charge on any atom is -0.458 e. The Balaban J connectivity index is 1.84. The smallest absolute Gasteiger partial charge is 0.408 e. The summed E-state index contributed by atoms with van der Waals surface area (Å²) in [6, 6.07) is 8.05. The molecule has 0 spiro atoms. The van der Waals surface area contributed by atoms with Crippen LogP contribution in [0.25, 0.3) is 0 Å². The second kappa shape index (κ2) is 12.8. The number of hydrogen-bond donors (Lipinski definition) is 4. The van der Waals surface area contributed by atoms with Gasteiger partial charge < -0.3 is 25.8 Å². The van der Waals surface area contributed by atoms with Crippen molar-refractivity contribution in [3.63, 3.8) is 0 Å². The van der Waals surface area contributed by atoms with Crippen molar-refractivity contribution < 1.29 is 28.7 Å². The highest BCUT2D eigenvalue weighted by Crippen LogP contribution is 2.14. The lowest BCUT2D eigenvalue weighted by Crippen LogP contribution is -2.50. The first-order valence-electron chi connectivity index (χ1n) is 11.0. The summed E-state index contributed by atoms with van der Waals surface area (Å²) in [7, 11) is 0. The van der Waals surface area contributed by atoms with Crippen molar-refractivity contribution in [2.75, 3.05) is 13.1 Å². The standard InChI is InChI=1S/C23H34N4O6/c1-23(2,3)32-21(29)19(26-22(30)31-15-16-7-5-4-6-8-16)14-25-20(28)10-9-18-13-17(11-12-24)27-33-18/h4-8,13,18-19,27H,9-12,14-15,24H2,1-3H3,(H,25,28)(H,26,30)/t18-,19+/m1/s1. The lowest BCUT2D eigenvalue weighted by Gasteiger charge is -2.24. The number of nitrogens with two attached hydrogens (primary N) is 1. The molecule has 1 heterocycles. The number of amides is 2. The Kier molecular flexibility index (Phi) is 10.1. The third-order valence-electron chi connectivity index (χ3n) is 4.50. The van der Waals surface area contributed by atoms with Gasteiger partial charge in [0.15, 0.2) is 0 Å². The SMILES string of the molecule is CC(C)(C)OC(=O)[C@H](CNC(=O)CC[C@@H]1C=C(CCN)NO1)NC(=O)OCc1ccccc1. The average Bonchev–Trinajstić information content (AvgIpc) is 3.21. The highest BCUT2D eigenvalue weighted by atomic mass is 16.7. The van der Waals surface area contributed by atoms with E-state index in [1.165, 1.54) is 0 Å². The van der Waals surface area contributed by atoms with E-state index >= 15 is 0 Å². The van der Waals surface area contributed by atoms with Crippen LogP contribution < -0.4 is 21.8 Å². The Morgan fingerprint density at radius 3 is 2.61 bits per heavy atom. The van der Waals surface area contributed by atoms with E-state index in [4.69, 9.17) is 20.0 Å². The molecular weight excluding hydrogens is 428 g/mol. The number of carbonyl (C=O) groups is 3. The second-order valence-corrected chi connectivity index (χ2v) is 8.62. The van der Waals surface area contributed by atoms with E-state index in [0.29, 0.717) is 19.4 Å². The molecule has 1 aromatic rings. The normalized spacial score (nSPS) is 16.2. The number of rotatable bonds is 11. The molecule has 182 valence electrons. The average molecular weight is 463 g/mol. The summed E-state index contributed by atoms with van der Waals surface area (Å²) in [5, 5.41) is 5.14. The zero-order valence-corrected chi connectivity index (χ0v) is 19.4. The van der Waals surface area contributed by atoms with Crippen LogP contribution in [0.4, 0.5) is 4.79 Å². The van der Waals surface area contributed by atoms with Crippen LogP contribution in [0.1, 0.15) is 45.6 Å². The van der Waals surface area contributed by atoms with Gasteiger partial charge in [0.2, 0.25) is 5.91 Å². The molecular formula is C23H34N4O6. The fourth-order valence-electron chi connectivity index (χ4n) is 2.93. The summed E-state index contributed by atoms with van der Waals surface area (Å²) < 4.78 is 10.5. The summed E-state index contributed by atoms with van der Waals surface area (Å²) >= 11 is 0. The van der Waals surface area contributed by atoms with E-state index in [-0.39, 0.29) is 31.6 Å². The molecule has 5 N–H and O–H groups in total. The second-order valence-electron chi connectivity index (χ2n) is 8.62. The van der Waals surface area contributed by atoms with Crippen LogP contribution in [0.3, 0.4) is 0 Å². The molecule has 0 fully saturated rings. The predicted octanol–water partition coefficient (Wildman–Crippen LogP) is 1.66. The fraction of sp³-hybridized carbons (Fsp3) is 0.522. The van der Waals surface area contributed by atoms with Gasteiger partial charge in [-0.25, -0.2) is 9.59 Å². The van der Waals surface area contributed by atoms with Crippen molar-refractivity contribution in [1.82, 2.24) is 16.1 Å². The summed E-state index contributed by atoms with van der Waals surface area (Å²) in [5.74, 6) is -0.954. The Morgan fingerprint density at radius 2 is 1.94 bits per heavy atom. The molecule has 2 rings (SSSR count). The molecule has 1 aromatic carbocycles.